The molecule has 25 heavy (non-hydrogen) atoms. The number of aromatic nitrogens is 1. The van der Waals surface area contributed by atoms with Crippen molar-refractivity contribution in [2.45, 2.75) is 18.8 Å². The molecular formula is C18H24Cl2N4O. The van der Waals surface area contributed by atoms with Crippen LogP contribution >= 0.6 is 24.8 Å². The number of halogens is 2. The van der Waals surface area contributed by atoms with Crippen LogP contribution in [0.3, 0.4) is 0 Å². The van der Waals surface area contributed by atoms with Crippen molar-refractivity contribution in [1.29, 1.82) is 0 Å². The summed E-state index contributed by atoms with van der Waals surface area (Å²) in [6, 6.07) is 13.5. The first kappa shape index (κ1) is 21.2. The lowest BCUT2D eigenvalue weighted by Gasteiger charge is -2.18. The summed E-state index contributed by atoms with van der Waals surface area (Å²) >= 11 is 0. The molecule has 5 nitrogen and oxygen atoms in total. The Hall–Kier alpha value is -1.82. The molecule has 0 radical (unpaired) electrons. The number of anilines is 2. The molecule has 2 heterocycles. The molecule has 3 N–H and O–H groups in total. The van der Waals surface area contributed by atoms with Crippen molar-refractivity contribution < 1.29 is 4.79 Å². The van der Waals surface area contributed by atoms with Crippen molar-refractivity contribution >= 4 is 42.2 Å². The second kappa shape index (κ2) is 10.2. The number of carbonyl (C=O) groups excluding carboxylic acids is 1. The van der Waals surface area contributed by atoms with Gasteiger partial charge in [0.25, 0.3) is 0 Å². The summed E-state index contributed by atoms with van der Waals surface area (Å²) in [5.74, 6) is 0.516. The summed E-state index contributed by atoms with van der Waals surface area (Å²) in [5, 5.41) is 2.91. The molecule has 0 bridgehead atoms. The number of hydrogen-bond donors (Lipinski definition) is 2. The van der Waals surface area contributed by atoms with Crippen molar-refractivity contribution in [3.63, 3.8) is 0 Å². The van der Waals surface area contributed by atoms with Crippen LogP contribution in [-0.4, -0.2) is 30.5 Å². The van der Waals surface area contributed by atoms with Gasteiger partial charge in [-0.15, -0.1) is 24.8 Å². The Morgan fingerprint density at radius 1 is 1.12 bits per heavy atom. The van der Waals surface area contributed by atoms with Gasteiger partial charge in [-0.2, -0.15) is 0 Å². The molecule has 1 aromatic heterocycles. The molecule has 2 aromatic rings. The Labute approximate surface area is 160 Å². The normalized spacial score (nSPS) is 14.2. The standard InChI is InChI=1S/C18H22N4O.2ClH/c19-12-16(14-6-2-1-3-7-14)18(23)21-15-8-9-17(20-13-15)22-10-4-5-11-22;;/h1-3,6-9,13,16H,4-5,10-12,19H2,(H,21,23);2*1H. The first-order chi connectivity index (χ1) is 11.3. The van der Waals surface area contributed by atoms with Gasteiger partial charge >= 0.3 is 0 Å². The molecule has 1 unspecified atom stereocenters. The zero-order valence-corrected chi connectivity index (χ0v) is 15.6. The molecular weight excluding hydrogens is 359 g/mol. The zero-order valence-electron chi connectivity index (χ0n) is 13.9. The summed E-state index contributed by atoms with van der Waals surface area (Å²) in [6.45, 7) is 2.39. The average Bonchev–Trinajstić information content (AvgIpc) is 3.12. The summed E-state index contributed by atoms with van der Waals surface area (Å²) < 4.78 is 0. The van der Waals surface area contributed by atoms with Gasteiger partial charge in [0.15, 0.2) is 0 Å². The summed E-state index contributed by atoms with van der Waals surface area (Å²) in [4.78, 5) is 19.2. The maximum Gasteiger partial charge on any atom is 0.233 e. The van der Waals surface area contributed by atoms with Crippen LogP contribution in [0.4, 0.5) is 11.5 Å². The lowest BCUT2D eigenvalue weighted by Crippen LogP contribution is -2.27. The predicted octanol–water partition coefficient (Wildman–Crippen LogP) is 3.21. The topological polar surface area (TPSA) is 71.2 Å². The van der Waals surface area contributed by atoms with Gasteiger partial charge in [0.2, 0.25) is 5.91 Å². The molecule has 3 rings (SSSR count). The summed E-state index contributed by atoms with van der Waals surface area (Å²) in [7, 11) is 0. The molecule has 1 aliphatic rings. The number of nitrogens with one attached hydrogen (secondary N) is 1. The largest absolute Gasteiger partial charge is 0.357 e. The van der Waals surface area contributed by atoms with Crippen LogP contribution in [0, 0.1) is 0 Å². The van der Waals surface area contributed by atoms with Gasteiger partial charge in [-0.3, -0.25) is 4.79 Å². The molecule has 1 aromatic carbocycles. The molecule has 1 atom stereocenters. The van der Waals surface area contributed by atoms with Crippen molar-refractivity contribution in [3.05, 3.63) is 54.2 Å². The monoisotopic (exact) mass is 382 g/mol. The minimum Gasteiger partial charge on any atom is -0.357 e. The van der Waals surface area contributed by atoms with E-state index in [0.717, 1.165) is 24.5 Å². The van der Waals surface area contributed by atoms with E-state index in [4.69, 9.17) is 5.73 Å². The van der Waals surface area contributed by atoms with E-state index in [1.165, 1.54) is 12.8 Å². The van der Waals surface area contributed by atoms with E-state index in [0.29, 0.717) is 5.69 Å². The average molecular weight is 383 g/mol. The van der Waals surface area contributed by atoms with Gasteiger partial charge in [-0.25, -0.2) is 4.98 Å². The Morgan fingerprint density at radius 2 is 1.80 bits per heavy atom. The highest BCUT2D eigenvalue weighted by molar-refractivity contribution is 5.96. The fourth-order valence-electron chi connectivity index (χ4n) is 2.90. The Balaban J connectivity index is 0.00000156. The highest BCUT2D eigenvalue weighted by atomic mass is 35.5. The Bertz CT molecular complexity index is 646. The van der Waals surface area contributed by atoms with Crippen LogP contribution in [0.15, 0.2) is 48.7 Å². The second-order valence-corrected chi connectivity index (χ2v) is 5.79. The first-order valence-corrected chi connectivity index (χ1v) is 8.05. The van der Waals surface area contributed by atoms with Crippen LogP contribution in [0.2, 0.25) is 0 Å². The number of rotatable bonds is 5. The van der Waals surface area contributed by atoms with Gasteiger partial charge in [-0.1, -0.05) is 30.3 Å². The SMILES string of the molecule is Cl.Cl.NCC(C(=O)Nc1ccc(N2CCCC2)nc1)c1ccccc1. The van der Waals surface area contributed by atoms with E-state index in [1.807, 2.05) is 42.5 Å². The fraction of sp³-hybridized carbons (Fsp3) is 0.333. The lowest BCUT2D eigenvalue weighted by atomic mass is 9.98. The van der Waals surface area contributed by atoms with Crippen LogP contribution in [0.5, 0.6) is 0 Å². The molecule has 1 amide bonds. The second-order valence-electron chi connectivity index (χ2n) is 5.79. The first-order valence-electron chi connectivity index (χ1n) is 8.05. The third kappa shape index (κ3) is 5.33. The Morgan fingerprint density at radius 3 is 2.36 bits per heavy atom. The molecule has 0 saturated carbocycles. The number of carbonyl (C=O) groups is 1. The van der Waals surface area contributed by atoms with Crippen molar-refractivity contribution in [1.82, 2.24) is 4.98 Å². The van der Waals surface area contributed by atoms with E-state index < -0.39 is 0 Å². The fourth-order valence-corrected chi connectivity index (χ4v) is 2.90. The highest BCUT2D eigenvalue weighted by Gasteiger charge is 2.19. The van der Waals surface area contributed by atoms with Gasteiger partial charge in [0.1, 0.15) is 5.82 Å². The summed E-state index contributed by atoms with van der Waals surface area (Å²) in [6.07, 6.45) is 4.15. The quantitative estimate of drug-likeness (QED) is 0.832. The van der Waals surface area contributed by atoms with E-state index in [2.05, 4.69) is 15.2 Å². The van der Waals surface area contributed by atoms with E-state index in [9.17, 15) is 4.79 Å². The molecule has 1 fully saturated rings. The molecule has 7 heteroatoms. The van der Waals surface area contributed by atoms with E-state index in [1.54, 1.807) is 6.20 Å². The van der Waals surface area contributed by atoms with Gasteiger partial charge in [-0.05, 0) is 30.5 Å². The zero-order chi connectivity index (χ0) is 16.1. The van der Waals surface area contributed by atoms with E-state index in [-0.39, 0.29) is 43.2 Å². The van der Waals surface area contributed by atoms with Gasteiger partial charge < -0.3 is 16.0 Å². The van der Waals surface area contributed by atoms with Gasteiger partial charge in [0.05, 0.1) is 17.8 Å². The van der Waals surface area contributed by atoms with Gasteiger partial charge in [0, 0.05) is 19.6 Å². The molecule has 1 saturated heterocycles. The number of nitrogens with zero attached hydrogens (tertiary/aromatic N) is 2. The number of amides is 1. The van der Waals surface area contributed by atoms with Crippen molar-refractivity contribution in [2.75, 3.05) is 29.9 Å². The van der Waals surface area contributed by atoms with Crippen LogP contribution < -0.4 is 16.0 Å². The molecule has 0 aliphatic carbocycles. The van der Waals surface area contributed by atoms with Crippen molar-refractivity contribution in [3.8, 4) is 0 Å². The number of pyridine rings is 1. The smallest absolute Gasteiger partial charge is 0.233 e. The van der Waals surface area contributed by atoms with Crippen LogP contribution in [-0.2, 0) is 4.79 Å². The third-order valence-corrected chi connectivity index (χ3v) is 4.20. The van der Waals surface area contributed by atoms with Crippen molar-refractivity contribution in [2.24, 2.45) is 5.73 Å². The number of hydrogen-bond acceptors (Lipinski definition) is 4. The third-order valence-electron chi connectivity index (χ3n) is 4.20. The number of benzene rings is 1. The summed E-state index contributed by atoms with van der Waals surface area (Å²) in [5.41, 5.74) is 7.41. The van der Waals surface area contributed by atoms with Crippen LogP contribution in [0.1, 0.15) is 24.3 Å². The predicted molar refractivity (Wildman–Crippen MR) is 107 cm³/mol. The Kier molecular flexibility index (Phi) is 8.69. The molecule has 136 valence electrons. The maximum atomic E-state index is 12.5. The van der Waals surface area contributed by atoms with E-state index >= 15 is 0 Å². The van der Waals surface area contributed by atoms with Crippen LogP contribution in [0.25, 0.3) is 0 Å². The minimum absolute atomic E-state index is 0. The minimum atomic E-state index is -0.352. The lowest BCUT2D eigenvalue weighted by molar-refractivity contribution is -0.117. The maximum absolute atomic E-state index is 12.5. The number of nitrogens with two attached hydrogens (primary N) is 1. The molecule has 0 spiro atoms. The highest BCUT2D eigenvalue weighted by Crippen LogP contribution is 2.21. The molecule has 1 aliphatic heterocycles.